The molecule has 20 heteroatoms. The molecule has 0 aromatic carbocycles. The molecule has 45 heavy (non-hydrogen) atoms. The first-order valence-corrected chi connectivity index (χ1v) is 15.6. The molecule has 8 N–H and O–H groups in total. The van der Waals surface area contributed by atoms with Gasteiger partial charge >= 0.3 is 23.5 Å². The van der Waals surface area contributed by atoms with Crippen LogP contribution in [-0.2, 0) is 37.1 Å². The number of pyridine rings is 1. The SMILES string of the molecule is CNCCn1c(N)nc2c1ccc[n+]2CC1=C(C(=O)O)N2C(=O)C(NC(=O)/C(=N\O[C@@H](C)C(=O)O)c3nc(N)sc3Cl)[C@H]2SC1. The highest BCUT2D eigenvalue weighted by molar-refractivity contribution is 8.00. The normalized spacial score (nSPS) is 18.9. The zero-order chi connectivity index (χ0) is 32.6. The van der Waals surface area contributed by atoms with E-state index in [9.17, 15) is 24.3 Å². The molecule has 1 unspecified atom stereocenters. The number of imidazole rings is 1. The molecule has 0 aliphatic carbocycles. The van der Waals surface area contributed by atoms with Crippen molar-refractivity contribution in [3.63, 3.8) is 0 Å². The highest BCUT2D eigenvalue weighted by Crippen LogP contribution is 2.40. The van der Waals surface area contributed by atoms with Crippen LogP contribution in [0.15, 0.2) is 34.8 Å². The molecule has 3 atom stereocenters. The predicted molar refractivity (Wildman–Crippen MR) is 164 cm³/mol. The standard InChI is InChI=1S/C25H27ClN10O7S2/c1-10(22(39)40)43-33-14(13-17(26)45-25(28)31-13)19(37)30-15-20(38)36-16(23(41)42)11(9-44-21(15)36)8-34-6-3-4-12-18(34)32-24(27)35(12)7-5-29-2/h3-4,6,10,15,21,27,29H,5,7-9H2,1-2H3,(H5,28,30,31,37,39,40,41,42)/p+1/b33-14-/t10-,15?,21+/m0/s1. The number of anilines is 2. The fourth-order valence-corrected chi connectivity index (χ4v) is 7.06. The van der Waals surface area contributed by atoms with Gasteiger partial charge in [-0.3, -0.25) is 19.1 Å². The number of likely N-dealkylation sites (N-methyl/N-ethyl adjacent to an activating group) is 1. The number of rotatable bonds is 12. The van der Waals surface area contributed by atoms with Gasteiger partial charge in [0.1, 0.15) is 39.2 Å². The molecular formula is C25H28ClN10O7S2+. The van der Waals surface area contributed by atoms with E-state index in [1.165, 1.54) is 18.7 Å². The number of nitrogens with two attached hydrogens (primary N) is 2. The highest BCUT2D eigenvalue weighted by Gasteiger charge is 2.54. The Kier molecular flexibility index (Phi) is 9.14. The Bertz CT molecular complexity index is 1770. The maximum Gasteiger partial charge on any atom is 0.352 e. The molecule has 2 aliphatic rings. The Labute approximate surface area is 267 Å². The number of carbonyl (C=O) groups excluding carboxylic acids is 2. The van der Waals surface area contributed by atoms with Gasteiger partial charge in [-0.25, -0.2) is 19.1 Å². The van der Waals surface area contributed by atoms with Crippen molar-refractivity contribution >= 4 is 86.4 Å². The summed E-state index contributed by atoms with van der Waals surface area (Å²) in [5, 5.41) is 27.8. The van der Waals surface area contributed by atoms with Gasteiger partial charge in [-0.15, -0.1) is 11.8 Å². The Balaban J connectivity index is 1.39. The smallest absolute Gasteiger partial charge is 0.352 e. The summed E-state index contributed by atoms with van der Waals surface area (Å²) in [5.41, 5.74) is 12.8. The molecular weight excluding hydrogens is 652 g/mol. The van der Waals surface area contributed by atoms with Crippen molar-refractivity contribution in [2.75, 3.05) is 30.8 Å². The molecule has 2 amide bonds. The summed E-state index contributed by atoms with van der Waals surface area (Å²) in [6, 6.07) is 2.55. The summed E-state index contributed by atoms with van der Waals surface area (Å²) in [6.45, 7) is 2.57. The van der Waals surface area contributed by atoms with Gasteiger partial charge in [0.05, 0.1) is 6.20 Å². The van der Waals surface area contributed by atoms with Crippen molar-refractivity contribution < 1.29 is 38.8 Å². The zero-order valence-corrected chi connectivity index (χ0v) is 26.1. The lowest BCUT2D eigenvalue weighted by atomic mass is 10.0. The van der Waals surface area contributed by atoms with E-state index < -0.39 is 47.0 Å². The lowest BCUT2D eigenvalue weighted by Gasteiger charge is -2.49. The molecule has 2 aliphatic heterocycles. The number of fused-ring (bicyclic) bond motifs is 2. The molecule has 1 saturated heterocycles. The minimum atomic E-state index is -1.42. The largest absolute Gasteiger partial charge is 0.478 e. The third kappa shape index (κ3) is 6.10. The number of oxime groups is 1. The number of carboxylic acid groups (broad SMARTS) is 2. The number of thiazole rings is 1. The van der Waals surface area contributed by atoms with Crippen LogP contribution in [-0.4, -0.2) is 96.0 Å². The quantitative estimate of drug-likeness (QED) is 0.0610. The van der Waals surface area contributed by atoms with Crippen LogP contribution in [0.25, 0.3) is 11.2 Å². The molecule has 5 rings (SSSR count). The van der Waals surface area contributed by atoms with Gasteiger partial charge in [0.2, 0.25) is 6.10 Å². The van der Waals surface area contributed by atoms with Gasteiger partial charge in [0.25, 0.3) is 11.8 Å². The van der Waals surface area contributed by atoms with Gasteiger partial charge in [0, 0.05) is 24.4 Å². The first-order valence-electron chi connectivity index (χ1n) is 13.3. The second-order valence-corrected chi connectivity index (χ2v) is 12.6. The lowest BCUT2D eigenvalue weighted by molar-refractivity contribution is -0.664. The molecule has 3 aromatic heterocycles. The molecule has 5 heterocycles. The Morgan fingerprint density at radius 3 is 2.71 bits per heavy atom. The molecule has 1 fully saturated rings. The van der Waals surface area contributed by atoms with E-state index in [1.54, 1.807) is 10.8 Å². The number of amides is 2. The molecule has 0 radical (unpaired) electrons. The number of carboxylic acids is 2. The molecule has 0 saturated carbocycles. The van der Waals surface area contributed by atoms with E-state index in [-0.39, 0.29) is 33.2 Å². The van der Waals surface area contributed by atoms with Gasteiger partial charge in [0.15, 0.2) is 10.8 Å². The van der Waals surface area contributed by atoms with Gasteiger partial charge in [-0.05, 0) is 31.1 Å². The summed E-state index contributed by atoms with van der Waals surface area (Å²) < 4.78 is 3.61. The zero-order valence-electron chi connectivity index (χ0n) is 23.8. The van der Waals surface area contributed by atoms with Crippen molar-refractivity contribution in [1.82, 2.24) is 30.1 Å². The second-order valence-electron chi connectivity index (χ2n) is 9.89. The Morgan fingerprint density at radius 1 is 1.31 bits per heavy atom. The van der Waals surface area contributed by atoms with Crippen LogP contribution in [0, 0.1) is 0 Å². The molecule has 238 valence electrons. The van der Waals surface area contributed by atoms with Crippen molar-refractivity contribution in [3.05, 3.63) is 39.6 Å². The van der Waals surface area contributed by atoms with Crippen LogP contribution in [0.2, 0.25) is 4.34 Å². The van der Waals surface area contributed by atoms with Crippen LogP contribution in [0.4, 0.5) is 11.1 Å². The summed E-state index contributed by atoms with van der Waals surface area (Å²) in [7, 11) is 1.83. The van der Waals surface area contributed by atoms with Crippen molar-refractivity contribution in [2.45, 2.75) is 37.5 Å². The van der Waals surface area contributed by atoms with E-state index in [1.807, 2.05) is 23.7 Å². The van der Waals surface area contributed by atoms with E-state index in [0.29, 0.717) is 30.3 Å². The van der Waals surface area contributed by atoms with Crippen molar-refractivity contribution in [1.29, 1.82) is 0 Å². The number of aliphatic carboxylic acids is 2. The third-order valence-corrected chi connectivity index (χ3v) is 9.41. The molecule has 17 nitrogen and oxygen atoms in total. The summed E-state index contributed by atoms with van der Waals surface area (Å²) in [5.74, 6) is -3.70. The highest BCUT2D eigenvalue weighted by atomic mass is 35.5. The van der Waals surface area contributed by atoms with Crippen LogP contribution < -0.4 is 26.7 Å². The van der Waals surface area contributed by atoms with Crippen molar-refractivity contribution in [2.24, 2.45) is 5.16 Å². The maximum absolute atomic E-state index is 13.3. The van der Waals surface area contributed by atoms with Gasteiger partial charge in [-0.1, -0.05) is 28.1 Å². The fourth-order valence-electron chi connectivity index (χ4n) is 4.79. The van der Waals surface area contributed by atoms with Gasteiger partial charge in [-0.2, -0.15) is 0 Å². The van der Waals surface area contributed by atoms with E-state index in [4.69, 9.17) is 33.0 Å². The van der Waals surface area contributed by atoms with Gasteiger partial charge < -0.3 is 37.2 Å². The lowest BCUT2D eigenvalue weighted by Crippen LogP contribution is -2.71. The third-order valence-electron chi connectivity index (χ3n) is 6.98. The first kappa shape index (κ1) is 31.9. The number of nitrogens with zero attached hydrogens (tertiary/aromatic N) is 6. The minimum Gasteiger partial charge on any atom is -0.478 e. The minimum absolute atomic E-state index is 0.0107. The topological polar surface area (TPSA) is 244 Å². The number of hydrogen-bond donors (Lipinski definition) is 6. The number of aromatic nitrogens is 4. The summed E-state index contributed by atoms with van der Waals surface area (Å²) in [6.07, 6.45) is 0.340. The Hall–Kier alpha value is -4.46. The van der Waals surface area contributed by atoms with E-state index in [2.05, 4.69) is 25.8 Å². The van der Waals surface area contributed by atoms with Crippen LogP contribution >= 0.6 is 34.7 Å². The summed E-state index contributed by atoms with van der Waals surface area (Å²) in [4.78, 5) is 64.9. The van der Waals surface area contributed by atoms with Crippen LogP contribution in [0.3, 0.4) is 0 Å². The maximum atomic E-state index is 13.3. The first-order chi connectivity index (χ1) is 21.4. The number of nitrogen functional groups attached to an aromatic ring is 2. The second kappa shape index (κ2) is 12.9. The number of thioether (sulfide) groups is 1. The number of β-lactam (4-membered cyclic amide) rings is 1. The van der Waals surface area contributed by atoms with Crippen LogP contribution in [0.5, 0.6) is 0 Å². The van der Waals surface area contributed by atoms with E-state index >= 15 is 0 Å². The number of carbonyl (C=O) groups is 4. The fraction of sp³-hybridized carbons (Fsp3) is 0.360. The molecule has 0 spiro atoms. The average molecular weight is 680 g/mol. The number of halogens is 1. The number of nitrogens with one attached hydrogen (secondary N) is 2. The Morgan fingerprint density at radius 2 is 2.07 bits per heavy atom. The monoisotopic (exact) mass is 679 g/mol. The average Bonchev–Trinajstić information content (AvgIpc) is 3.51. The van der Waals surface area contributed by atoms with Crippen molar-refractivity contribution in [3.8, 4) is 0 Å². The van der Waals surface area contributed by atoms with E-state index in [0.717, 1.165) is 21.8 Å². The molecule has 0 bridgehead atoms. The molecule has 3 aromatic rings. The summed E-state index contributed by atoms with van der Waals surface area (Å²) >= 11 is 8.29. The number of hydrogen-bond acceptors (Lipinski definition) is 13. The predicted octanol–water partition coefficient (Wildman–Crippen LogP) is -0.550. The van der Waals surface area contributed by atoms with Crippen LogP contribution in [0.1, 0.15) is 12.6 Å².